The zero-order chi connectivity index (χ0) is 18.5. The fourth-order valence-electron chi connectivity index (χ4n) is 2.81. The number of hydrogen-bond donors (Lipinski definition) is 1. The van der Waals surface area contributed by atoms with E-state index in [9.17, 15) is 9.18 Å². The first-order chi connectivity index (χ1) is 12.6. The summed E-state index contributed by atoms with van der Waals surface area (Å²) >= 11 is 5.97. The first-order valence-corrected chi connectivity index (χ1v) is 8.58. The number of nitrogens with one attached hydrogen (secondary N) is 1. The maximum atomic E-state index is 13.8. The first kappa shape index (κ1) is 18.1. The molecule has 2 aromatic rings. The standard InChI is InChI=1S/C20H18ClFN2O2/c1-26-19-10-14(7-8-15(19)13-4-3-9-23-12-13)24-20(25)11-16-17(21)5-2-6-18(16)22/h2,5-10,12H,3-4,11H2,1H3,(H,24,25). The highest BCUT2D eigenvalue weighted by atomic mass is 35.5. The van der Waals surface area contributed by atoms with Crippen molar-refractivity contribution in [1.29, 1.82) is 0 Å². The number of aliphatic imine (C=N–C) groups is 1. The molecule has 1 aliphatic heterocycles. The second-order valence-corrected chi connectivity index (χ2v) is 6.27. The van der Waals surface area contributed by atoms with E-state index in [1.807, 2.05) is 18.5 Å². The molecule has 3 rings (SSSR count). The van der Waals surface area contributed by atoms with E-state index >= 15 is 0 Å². The highest BCUT2D eigenvalue weighted by molar-refractivity contribution is 6.31. The van der Waals surface area contributed by atoms with Crippen molar-refractivity contribution in [1.82, 2.24) is 0 Å². The number of nitrogens with zero attached hydrogens (tertiary/aromatic N) is 1. The van der Waals surface area contributed by atoms with Gasteiger partial charge in [-0.3, -0.25) is 9.79 Å². The van der Waals surface area contributed by atoms with Crippen molar-refractivity contribution >= 4 is 35.0 Å². The number of allylic oxidation sites excluding steroid dienone is 1. The molecule has 4 nitrogen and oxygen atoms in total. The molecule has 0 radical (unpaired) electrons. The predicted octanol–water partition coefficient (Wildman–Crippen LogP) is 4.87. The van der Waals surface area contributed by atoms with Crippen LogP contribution in [-0.2, 0) is 11.2 Å². The molecule has 134 valence electrons. The van der Waals surface area contributed by atoms with E-state index < -0.39 is 5.82 Å². The number of carbonyl (C=O) groups excluding carboxylic acids is 1. The average molecular weight is 373 g/mol. The third-order valence-corrected chi connectivity index (χ3v) is 4.46. The van der Waals surface area contributed by atoms with Crippen LogP contribution in [0, 0.1) is 5.82 Å². The number of halogens is 2. The minimum atomic E-state index is -0.495. The third kappa shape index (κ3) is 4.11. The van der Waals surface area contributed by atoms with Gasteiger partial charge >= 0.3 is 0 Å². The van der Waals surface area contributed by atoms with Crippen molar-refractivity contribution < 1.29 is 13.9 Å². The molecule has 1 aliphatic rings. The Morgan fingerprint density at radius 1 is 1.35 bits per heavy atom. The topological polar surface area (TPSA) is 50.7 Å². The molecule has 0 fully saturated rings. The summed E-state index contributed by atoms with van der Waals surface area (Å²) < 4.78 is 19.3. The molecule has 0 atom stereocenters. The van der Waals surface area contributed by atoms with E-state index in [4.69, 9.17) is 16.3 Å². The van der Waals surface area contributed by atoms with Gasteiger partial charge in [0, 0.05) is 40.3 Å². The van der Waals surface area contributed by atoms with Gasteiger partial charge in [-0.1, -0.05) is 17.7 Å². The number of rotatable bonds is 5. The molecule has 0 unspecified atom stereocenters. The van der Waals surface area contributed by atoms with Gasteiger partial charge < -0.3 is 10.1 Å². The summed E-state index contributed by atoms with van der Waals surface area (Å²) in [6.07, 6.45) is 5.32. The Hall–Kier alpha value is -2.66. The van der Waals surface area contributed by atoms with Crippen LogP contribution < -0.4 is 10.1 Å². The number of benzene rings is 2. The zero-order valence-electron chi connectivity index (χ0n) is 14.3. The Kier molecular flexibility index (Phi) is 5.68. The molecule has 0 spiro atoms. The van der Waals surface area contributed by atoms with Crippen LogP contribution in [0.3, 0.4) is 0 Å². The van der Waals surface area contributed by atoms with E-state index in [-0.39, 0.29) is 22.9 Å². The monoisotopic (exact) mass is 372 g/mol. The number of hydrogen-bond acceptors (Lipinski definition) is 3. The van der Waals surface area contributed by atoms with E-state index in [0.717, 1.165) is 24.0 Å². The molecule has 0 aromatic heterocycles. The number of ether oxygens (including phenoxy) is 1. The quantitative estimate of drug-likeness (QED) is 0.813. The van der Waals surface area contributed by atoms with Gasteiger partial charge in [0.15, 0.2) is 0 Å². The Bertz CT molecular complexity index is 873. The number of amides is 1. The van der Waals surface area contributed by atoms with Crippen LogP contribution in [-0.4, -0.2) is 19.2 Å². The van der Waals surface area contributed by atoms with Crippen LogP contribution >= 0.6 is 11.6 Å². The number of methoxy groups -OCH3 is 1. The average Bonchev–Trinajstić information content (AvgIpc) is 2.65. The van der Waals surface area contributed by atoms with Crippen molar-refractivity contribution in [2.45, 2.75) is 19.3 Å². The molecule has 6 heteroatoms. The van der Waals surface area contributed by atoms with Gasteiger partial charge in [0.1, 0.15) is 11.6 Å². The minimum Gasteiger partial charge on any atom is -0.496 e. The summed E-state index contributed by atoms with van der Waals surface area (Å²) in [6, 6.07) is 9.77. The summed E-state index contributed by atoms with van der Waals surface area (Å²) in [5, 5.41) is 2.99. The van der Waals surface area contributed by atoms with Crippen molar-refractivity contribution in [2.24, 2.45) is 4.99 Å². The van der Waals surface area contributed by atoms with Gasteiger partial charge in [-0.2, -0.15) is 0 Å². The molecule has 0 saturated heterocycles. The second kappa shape index (κ2) is 8.15. The van der Waals surface area contributed by atoms with Crippen LogP contribution in [0.15, 0.2) is 47.6 Å². The van der Waals surface area contributed by atoms with Crippen molar-refractivity contribution in [3.63, 3.8) is 0 Å². The number of carbonyl (C=O) groups is 1. The van der Waals surface area contributed by atoms with Crippen LogP contribution in [0.5, 0.6) is 5.75 Å². The lowest BCUT2D eigenvalue weighted by Crippen LogP contribution is -2.15. The van der Waals surface area contributed by atoms with Crippen molar-refractivity contribution in [3.8, 4) is 5.75 Å². The maximum Gasteiger partial charge on any atom is 0.228 e. The highest BCUT2D eigenvalue weighted by Gasteiger charge is 2.14. The summed E-state index contributed by atoms with van der Waals surface area (Å²) in [5.74, 6) is -0.200. The highest BCUT2D eigenvalue weighted by Crippen LogP contribution is 2.32. The third-order valence-electron chi connectivity index (χ3n) is 4.11. The van der Waals surface area contributed by atoms with Gasteiger partial charge in [0.25, 0.3) is 0 Å². The van der Waals surface area contributed by atoms with Gasteiger partial charge in [-0.05, 0) is 42.7 Å². The number of anilines is 1. The first-order valence-electron chi connectivity index (χ1n) is 8.20. The largest absolute Gasteiger partial charge is 0.496 e. The predicted molar refractivity (Wildman–Crippen MR) is 102 cm³/mol. The molecule has 2 aromatic carbocycles. The van der Waals surface area contributed by atoms with E-state index in [0.29, 0.717) is 11.4 Å². The van der Waals surface area contributed by atoms with Crippen molar-refractivity contribution in [3.05, 3.63) is 64.6 Å². The van der Waals surface area contributed by atoms with E-state index in [1.165, 1.54) is 12.1 Å². The normalized spacial score (nSPS) is 13.3. The van der Waals surface area contributed by atoms with E-state index in [2.05, 4.69) is 10.3 Å². The van der Waals surface area contributed by atoms with Gasteiger partial charge in [0.2, 0.25) is 5.91 Å². The molecule has 1 heterocycles. The fraction of sp³-hybridized carbons (Fsp3) is 0.200. The Balaban J connectivity index is 1.76. The summed E-state index contributed by atoms with van der Waals surface area (Å²) in [7, 11) is 1.58. The van der Waals surface area contributed by atoms with Crippen LogP contribution in [0.2, 0.25) is 5.02 Å². The molecule has 1 N–H and O–H groups in total. The molecule has 26 heavy (non-hydrogen) atoms. The van der Waals surface area contributed by atoms with E-state index in [1.54, 1.807) is 25.3 Å². The summed E-state index contributed by atoms with van der Waals surface area (Å²) in [4.78, 5) is 16.4. The van der Waals surface area contributed by atoms with Gasteiger partial charge in [0.05, 0.1) is 13.5 Å². The second-order valence-electron chi connectivity index (χ2n) is 5.86. The van der Waals surface area contributed by atoms with Gasteiger partial charge in [-0.15, -0.1) is 0 Å². The summed E-state index contributed by atoms with van der Waals surface area (Å²) in [5.41, 5.74) is 2.78. The zero-order valence-corrected chi connectivity index (χ0v) is 15.0. The van der Waals surface area contributed by atoms with Crippen molar-refractivity contribution in [2.75, 3.05) is 12.4 Å². The van der Waals surface area contributed by atoms with Gasteiger partial charge in [-0.25, -0.2) is 4.39 Å². The maximum absolute atomic E-state index is 13.8. The Labute approximate surface area is 156 Å². The summed E-state index contributed by atoms with van der Waals surface area (Å²) in [6.45, 7) is 0. The lowest BCUT2D eigenvalue weighted by Gasteiger charge is -2.15. The lowest BCUT2D eigenvalue weighted by atomic mass is 9.99. The molecular weight excluding hydrogens is 355 g/mol. The Morgan fingerprint density at radius 2 is 2.19 bits per heavy atom. The van der Waals surface area contributed by atoms with Crippen LogP contribution in [0.4, 0.5) is 10.1 Å². The lowest BCUT2D eigenvalue weighted by molar-refractivity contribution is -0.115. The SMILES string of the molecule is COc1cc(NC(=O)Cc2c(F)cccc2Cl)ccc1C1=CN=CCC1. The fourth-order valence-corrected chi connectivity index (χ4v) is 3.04. The minimum absolute atomic E-state index is 0.143. The molecular formula is C20H18ClFN2O2. The molecule has 1 amide bonds. The van der Waals surface area contributed by atoms with Crippen LogP contribution in [0.1, 0.15) is 24.0 Å². The van der Waals surface area contributed by atoms with Crippen LogP contribution in [0.25, 0.3) is 5.57 Å². The smallest absolute Gasteiger partial charge is 0.228 e. The molecule has 0 saturated carbocycles. The molecule has 0 aliphatic carbocycles. The molecule has 0 bridgehead atoms. The Morgan fingerprint density at radius 3 is 2.88 bits per heavy atom.